The van der Waals surface area contributed by atoms with Gasteiger partial charge in [-0.2, -0.15) is 0 Å². The van der Waals surface area contributed by atoms with E-state index in [1.165, 1.54) is 0 Å². The lowest BCUT2D eigenvalue weighted by Gasteiger charge is -2.30. The standard InChI is InChI=1S/C16H24Cl2N2O2.ClH/c1-4-7-20(16(21)9-13(10-19)22-3)11(2)12-5-6-14(17)15(18)8-12;/h5-6,8,11,13H,4,7,9-10,19H2,1-3H3;1H. The van der Waals surface area contributed by atoms with Crippen LogP contribution in [0.3, 0.4) is 0 Å². The molecule has 0 spiro atoms. The largest absolute Gasteiger partial charge is 0.380 e. The number of amides is 1. The molecular formula is C16H25Cl3N2O2. The van der Waals surface area contributed by atoms with E-state index in [0.29, 0.717) is 23.1 Å². The number of nitrogens with zero attached hydrogens (tertiary/aromatic N) is 1. The van der Waals surface area contributed by atoms with E-state index < -0.39 is 0 Å². The van der Waals surface area contributed by atoms with Gasteiger partial charge < -0.3 is 15.4 Å². The number of halogens is 3. The zero-order valence-corrected chi connectivity index (χ0v) is 16.0. The molecule has 2 N–H and O–H groups in total. The van der Waals surface area contributed by atoms with Crippen molar-refractivity contribution in [3.05, 3.63) is 33.8 Å². The SMILES string of the molecule is CCCN(C(=O)CC(CN)OC)C(C)c1ccc(Cl)c(Cl)c1.Cl. The van der Waals surface area contributed by atoms with E-state index in [1.54, 1.807) is 19.2 Å². The second-order valence-electron chi connectivity index (χ2n) is 5.23. The van der Waals surface area contributed by atoms with Crippen LogP contribution < -0.4 is 5.73 Å². The Labute approximate surface area is 154 Å². The van der Waals surface area contributed by atoms with Crippen LogP contribution in [0, 0.1) is 0 Å². The second-order valence-corrected chi connectivity index (χ2v) is 6.05. The Balaban J connectivity index is 0.00000484. The van der Waals surface area contributed by atoms with Crippen molar-refractivity contribution >= 4 is 41.5 Å². The lowest BCUT2D eigenvalue weighted by Crippen LogP contribution is -2.38. The molecular weight excluding hydrogens is 359 g/mol. The third kappa shape index (κ3) is 6.48. The van der Waals surface area contributed by atoms with Crippen molar-refractivity contribution < 1.29 is 9.53 Å². The summed E-state index contributed by atoms with van der Waals surface area (Å²) < 4.78 is 5.21. The average Bonchev–Trinajstić information content (AvgIpc) is 2.52. The molecule has 0 radical (unpaired) electrons. The molecule has 2 atom stereocenters. The first kappa shape index (κ1) is 22.5. The number of carbonyl (C=O) groups excluding carboxylic acids is 1. The van der Waals surface area contributed by atoms with Gasteiger partial charge in [-0.25, -0.2) is 0 Å². The molecule has 0 fully saturated rings. The highest BCUT2D eigenvalue weighted by atomic mass is 35.5. The van der Waals surface area contributed by atoms with Crippen LogP contribution in [0.2, 0.25) is 10.0 Å². The van der Waals surface area contributed by atoms with Crippen LogP contribution in [0.4, 0.5) is 0 Å². The van der Waals surface area contributed by atoms with E-state index in [0.717, 1.165) is 12.0 Å². The van der Waals surface area contributed by atoms with Crippen LogP contribution in [0.1, 0.15) is 38.3 Å². The van der Waals surface area contributed by atoms with Gasteiger partial charge in [0.05, 0.1) is 28.6 Å². The summed E-state index contributed by atoms with van der Waals surface area (Å²) in [4.78, 5) is 14.4. The minimum absolute atomic E-state index is 0. The molecule has 1 aromatic rings. The quantitative estimate of drug-likeness (QED) is 0.736. The Morgan fingerprint density at radius 3 is 2.48 bits per heavy atom. The van der Waals surface area contributed by atoms with Crippen molar-refractivity contribution in [3.8, 4) is 0 Å². The topological polar surface area (TPSA) is 55.6 Å². The minimum Gasteiger partial charge on any atom is -0.380 e. The van der Waals surface area contributed by atoms with Gasteiger partial charge in [0.25, 0.3) is 0 Å². The molecule has 23 heavy (non-hydrogen) atoms. The first-order valence-electron chi connectivity index (χ1n) is 7.41. The van der Waals surface area contributed by atoms with E-state index in [2.05, 4.69) is 0 Å². The summed E-state index contributed by atoms with van der Waals surface area (Å²) in [7, 11) is 1.57. The lowest BCUT2D eigenvalue weighted by molar-refractivity contribution is -0.135. The third-order valence-corrected chi connectivity index (χ3v) is 4.42. The predicted molar refractivity (Wildman–Crippen MR) is 98.6 cm³/mol. The third-order valence-electron chi connectivity index (χ3n) is 3.68. The van der Waals surface area contributed by atoms with Gasteiger partial charge >= 0.3 is 0 Å². The van der Waals surface area contributed by atoms with Gasteiger partial charge in [0.2, 0.25) is 5.91 Å². The summed E-state index contributed by atoms with van der Waals surface area (Å²) in [6, 6.07) is 5.37. The predicted octanol–water partition coefficient (Wildman–Crippen LogP) is 4.08. The fourth-order valence-corrected chi connectivity index (χ4v) is 2.61. The van der Waals surface area contributed by atoms with E-state index in [-0.39, 0.29) is 36.9 Å². The molecule has 0 aromatic heterocycles. The van der Waals surface area contributed by atoms with Crippen LogP contribution in [0.15, 0.2) is 18.2 Å². The number of benzene rings is 1. The van der Waals surface area contributed by atoms with Crippen molar-refractivity contribution in [2.75, 3.05) is 20.2 Å². The first-order chi connectivity index (χ1) is 10.4. The van der Waals surface area contributed by atoms with E-state index in [4.69, 9.17) is 33.7 Å². The Bertz CT molecular complexity index is 496. The molecule has 0 aliphatic carbocycles. The van der Waals surface area contributed by atoms with Gasteiger partial charge in [0, 0.05) is 20.2 Å². The maximum absolute atomic E-state index is 12.6. The first-order valence-corrected chi connectivity index (χ1v) is 8.17. The summed E-state index contributed by atoms with van der Waals surface area (Å²) in [5, 5.41) is 1.00. The molecule has 0 aliphatic heterocycles. The smallest absolute Gasteiger partial charge is 0.225 e. The molecule has 0 aliphatic rings. The molecule has 4 nitrogen and oxygen atoms in total. The van der Waals surface area contributed by atoms with Crippen molar-refractivity contribution in [2.24, 2.45) is 5.73 Å². The average molecular weight is 384 g/mol. The summed E-state index contributed by atoms with van der Waals surface area (Å²) in [5.41, 5.74) is 6.56. The fourth-order valence-electron chi connectivity index (χ4n) is 2.30. The van der Waals surface area contributed by atoms with Crippen molar-refractivity contribution in [3.63, 3.8) is 0 Å². The molecule has 0 saturated heterocycles. The lowest BCUT2D eigenvalue weighted by atomic mass is 10.1. The number of methoxy groups -OCH3 is 1. The van der Waals surface area contributed by atoms with Crippen LogP contribution in [0.25, 0.3) is 0 Å². The molecule has 0 heterocycles. The number of rotatable bonds is 8. The Hall–Kier alpha value is -0.520. The second kappa shape index (κ2) is 11.1. The maximum atomic E-state index is 12.6. The van der Waals surface area contributed by atoms with Crippen LogP contribution in [-0.4, -0.2) is 37.1 Å². The molecule has 1 amide bonds. The monoisotopic (exact) mass is 382 g/mol. The number of hydrogen-bond acceptors (Lipinski definition) is 3. The number of hydrogen-bond donors (Lipinski definition) is 1. The number of carbonyl (C=O) groups is 1. The molecule has 0 saturated carbocycles. The summed E-state index contributed by atoms with van der Waals surface area (Å²) in [5.74, 6) is 0.0257. The molecule has 132 valence electrons. The van der Waals surface area contributed by atoms with Crippen molar-refractivity contribution in [2.45, 2.75) is 38.8 Å². The van der Waals surface area contributed by atoms with Gasteiger partial charge in [-0.3, -0.25) is 4.79 Å². The molecule has 1 rings (SSSR count). The zero-order chi connectivity index (χ0) is 16.7. The van der Waals surface area contributed by atoms with E-state index >= 15 is 0 Å². The Morgan fingerprint density at radius 1 is 1.35 bits per heavy atom. The van der Waals surface area contributed by atoms with Gasteiger partial charge in [-0.15, -0.1) is 12.4 Å². The van der Waals surface area contributed by atoms with Gasteiger partial charge in [-0.1, -0.05) is 36.2 Å². The van der Waals surface area contributed by atoms with Gasteiger partial charge in [0.15, 0.2) is 0 Å². The fraction of sp³-hybridized carbons (Fsp3) is 0.562. The number of ether oxygens (including phenoxy) is 1. The summed E-state index contributed by atoms with van der Waals surface area (Å²) in [6.45, 7) is 5.01. The molecule has 1 aromatic carbocycles. The van der Waals surface area contributed by atoms with Crippen molar-refractivity contribution in [1.82, 2.24) is 4.90 Å². The summed E-state index contributed by atoms with van der Waals surface area (Å²) >= 11 is 12.0. The highest BCUT2D eigenvalue weighted by molar-refractivity contribution is 6.42. The van der Waals surface area contributed by atoms with E-state index in [1.807, 2.05) is 24.8 Å². The Morgan fingerprint density at radius 2 is 2.00 bits per heavy atom. The maximum Gasteiger partial charge on any atom is 0.225 e. The molecule has 2 unspecified atom stereocenters. The Kier molecular flexibility index (Phi) is 10.9. The minimum atomic E-state index is -0.257. The molecule has 7 heteroatoms. The zero-order valence-electron chi connectivity index (χ0n) is 13.7. The molecule has 0 bridgehead atoms. The van der Waals surface area contributed by atoms with Crippen LogP contribution in [-0.2, 0) is 9.53 Å². The van der Waals surface area contributed by atoms with Crippen molar-refractivity contribution in [1.29, 1.82) is 0 Å². The van der Waals surface area contributed by atoms with Gasteiger partial charge in [0.1, 0.15) is 0 Å². The highest BCUT2D eigenvalue weighted by Gasteiger charge is 2.23. The van der Waals surface area contributed by atoms with E-state index in [9.17, 15) is 4.79 Å². The summed E-state index contributed by atoms with van der Waals surface area (Å²) in [6.07, 6.45) is 0.893. The van der Waals surface area contributed by atoms with Crippen LogP contribution in [0.5, 0.6) is 0 Å². The van der Waals surface area contributed by atoms with Crippen LogP contribution >= 0.6 is 35.6 Å². The normalized spacial score (nSPS) is 13.1. The van der Waals surface area contributed by atoms with Gasteiger partial charge in [-0.05, 0) is 31.0 Å². The number of nitrogens with two attached hydrogens (primary N) is 1. The highest BCUT2D eigenvalue weighted by Crippen LogP contribution is 2.28.